The Labute approximate surface area is 188 Å². The van der Waals surface area contributed by atoms with Crippen LogP contribution in [-0.4, -0.2) is 70.5 Å². The van der Waals surface area contributed by atoms with E-state index in [0.29, 0.717) is 0 Å². The Morgan fingerprint density at radius 1 is 1.53 bits per heavy atom. The number of hydrogen-bond acceptors (Lipinski definition) is 9. The van der Waals surface area contributed by atoms with Crippen molar-refractivity contribution in [2.24, 2.45) is 0 Å². The molecule has 32 heavy (non-hydrogen) atoms. The molecule has 2 heterocycles. The summed E-state index contributed by atoms with van der Waals surface area (Å²) in [5.74, 6) is -1.65. The largest absolute Gasteiger partial charge is 0.544 e. The smallest absolute Gasteiger partial charge is 0.387 e. The third kappa shape index (κ3) is 5.85. The second kappa shape index (κ2) is 10.1. The Kier molecular flexibility index (Phi) is 8.44. The molecule has 0 spiro atoms. The number of carbonyl (C=O) groups is 1. The predicted octanol–water partition coefficient (Wildman–Crippen LogP) is 1.86. The summed E-state index contributed by atoms with van der Waals surface area (Å²) in [5, 5.41) is 16.0. The van der Waals surface area contributed by atoms with Gasteiger partial charge in [-0.2, -0.15) is 9.42 Å². The van der Waals surface area contributed by atoms with Gasteiger partial charge in [-0.1, -0.05) is 12.7 Å². The van der Waals surface area contributed by atoms with Crippen LogP contribution in [0.4, 0.5) is 4.39 Å². The van der Waals surface area contributed by atoms with Gasteiger partial charge in [-0.25, -0.2) is 4.39 Å². The Morgan fingerprint density at radius 3 is 2.75 bits per heavy atom. The lowest BCUT2D eigenvalue weighted by Crippen LogP contribution is -2.66. The minimum absolute atomic E-state index is 0.169. The van der Waals surface area contributed by atoms with Crippen LogP contribution in [-0.2, 0) is 23.3 Å². The number of nitrogens with one attached hydrogen (secondary N) is 2. The Balaban J connectivity index is 2.20. The molecule has 0 radical (unpaired) electrons. The molecule has 12 heteroatoms. The van der Waals surface area contributed by atoms with Crippen molar-refractivity contribution in [2.45, 2.75) is 70.6 Å². The summed E-state index contributed by atoms with van der Waals surface area (Å²) in [4.78, 5) is 23.9. The molecule has 2 rings (SSSR count). The first kappa shape index (κ1) is 26.7. The number of methoxy groups -OCH3 is 1. The minimum atomic E-state index is -3.65. The fraction of sp³-hybridized carbons (Fsp3) is 0.650. The van der Waals surface area contributed by atoms with Crippen LogP contribution in [0.25, 0.3) is 0 Å². The first-order chi connectivity index (χ1) is 14.8. The number of allylic oxidation sites excluding steroid dienone is 2. The lowest BCUT2D eigenvalue weighted by atomic mass is 9.97. The van der Waals surface area contributed by atoms with E-state index in [4.69, 9.17) is 18.5 Å². The molecular formula is C20H34FN3O7P+. The number of amides is 1. The third-order valence-corrected chi connectivity index (χ3v) is 6.85. The van der Waals surface area contributed by atoms with Gasteiger partial charge in [0, 0.05) is 32.4 Å². The van der Waals surface area contributed by atoms with Gasteiger partial charge >= 0.3 is 8.09 Å². The number of rotatable bonds is 10. The van der Waals surface area contributed by atoms with Gasteiger partial charge in [0.15, 0.2) is 17.7 Å². The number of alkyl halides is 1. The fourth-order valence-electron chi connectivity index (χ4n) is 3.40. The van der Waals surface area contributed by atoms with Crippen molar-refractivity contribution in [3.05, 3.63) is 36.8 Å². The van der Waals surface area contributed by atoms with Crippen molar-refractivity contribution in [2.75, 3.05) is 13.7 Å². The number of aliphatic hydroxyl groups is 1. The molecule has 0 aromatic carbocycles. The van der Waals surface area contributed by atoms with E-state index >= 15 is 4.39 Å². The number of ether oxygens (including phenoxy) is 2. The van der Waals surface area contributed by atoms with Crippen molar-refractivity contribution in [3.8, 4) is 0 Å². The molecular weight excluding hydrogens is 444 g/mol. The Morgan fingerprint density at radius 2 is 2.19 bits per heavy atom. The molecule has 182 valence electrons. The third-order valence-electron chi connectivity index (χ3n) is 5.03. The van der Waals surface area contributed by atoms with Crippen molar-refractivity contribution in [3.63, 3.8) is 0 Å². The number of carbonyl (C=O) groups excluding carboxylic acids is 1. The van der Waals surface area contributed by atoms with E-state index in [-0.39, 0.29) is 18.4 Å². The zero-order valence-corrected chi connectivity index (χ0v) is 20.1. The van der Waals surface area contributed by atoms with E-state index in [0.717, 1.165) is 0 Å². The van der Waals surface area contributed by atoms with Gasteiger partial charge < -0.3 is 24.8 Å². The fourth-order valence-corrected chi connectivity index (χ4v) is 4.96. The van der Waals surface area contributed by atoms with Crippen molar-refractivity contribution in [1.29, 1.82) is 0 Å². The second-order valence-corrected chi connectivity index (χ2v) is 9.92. The second-order valence-electron chi connectivity index (χ2n) is 8.18. The molecule has 2 aliphatic heterocycles. The lowest BCUT2D eigenvalue weighted by molar-refractivity contribution is -0.213. The number of hydrogen-bond donors (Lipinski definition) is 4. The summed E-state index contributed by atoms with van der Waals surface area (Å²) >= 11 is 0. The monoisotopic (exact) mass is 478 g/mol. The van der Waals surface area contributed by atoms with Crippen LogP contribution < -0.4 is 10.4 Å². The first-order valence-electron chi connectivity index (χ1n) is 10.2. The predicted molar refractivity (Wildman–Crippen MR) is 117 cm³/mol. The van der Waals surface area contributed by atoms with Gasteiger partial charge in [0.25, 0.3) is 0 Å². The average molecular weight is 478 g/mol. The molecule has 0 bridgehead atoms. The Bertz CT molecular complexity index is 765. The zero-order valence-electron chi connectivity index (χ0n) is 19.2. The summed E-state index contributed by atoms with van der Waals surface area (Å²) in [5.41, 5.74) is -2.27. The number of nitrogens with zero attached hydrogens (tertiary/aromatic N) is 1. The van der Waals surface area contributed by atoms with Crippen LogP contribution in [0.1, 0.15) is 34.6 Å². The summed E-state index contributed by atoms with van der Waals surface area (Å²) in [6, 6.07) is -0.204. The maximum absolute atomic E-state index is 15.6. The van der Waals surface area contributed by atoms with Crippen LogP contribution in [0.3, 0.4) is 0 Å². The van der Waals surface area contributed by atoms with Gasteiger partial charge in [-0.15, -0.1) is 5.09 Å². The summed E-state index contributed by atoms with van der Waals surface area (Å²) in [6.07, 6.45) is 1.70. The summed E-state index contributed by atoms with van der Waals surface area (Å²) in [6.45, 7) is 11.4. The maximum atomic E-state index is 15.6. The molecule has 1 fully saturated rings. The zero-order chi connectivity index (χ0) is 24.3. The standard InChI is InChI=1S/C20H33FN3O7P/c1-8-9-14(4)31-32(27,23-13(2)3)29-12-15-17(26)19(5,21)18(30-15)24-11-10-16(25)22-20(24,6)28-7/h8-11,13,15,17-18,23,26-27H,4,12H2,1-3,5-7H3/p+1/b9-8-/t15-,17-,18-,19-,20?,32?/m1/s1. The topological polar surface area (TPSA) is 122 Å². The molecule has 2 unspecified atom stereocenters. The highest BCUT2D eigenvalue weighted by Gasteiger charge is 2.60. The lowest BCUT2D eigenvalue weighted by Gasteiger charge is -2.46. The normalized spacial score (nSPS) is 34.8. The highest BCUT2D eigenvalue weighted by atomic mass is 31.2. The van der Waals surface area contributed by atoms with E-state index in [1.807, 2.05) is 0 Å². The highest BCUT2D eigenvalue weighted by Crippen LogP contribution is 2.55. The van der Waals surface area contributed by atoms with Gasteiger partial charge in [0.2, 0.25) is 11.8 Å². The van der Waals surface area contributed by atoms with Gasteiger partial charge in [0.05, 0.1) is 0 Å². The molecule has 0 saturated carbocycles. The van der Waals surface area contributed by atoms with E-state index in [9.17, 15) is 14.8 Å². The summed E-state index contributed by atoms with van der Waals surface area (Å²) in [7, 11) is -2.29. The van der Waals surface area contributed by atoms with Crippen molar-refractivity contribution >= 4 is 14.0 Å². The van der Waals surface area contributed by atoms with Gasteiger partial charge in [0.1, 0.15) is 18.8 Å². The Hall–Kier alpha value is -1.59. The SMILES string of the molecule is C=C(/C=C\C)O[P+](O)(NC(C)C)OC[C@H]1O[C@@H](N2C=CC(=O)NC2(C)OC)[C@](C)(F)[C@@H]1O. The van der Waals surface area contributed by atoms with E-state index in [1.165, 1.54) is 38.1 Å². The number of halogens is 1. The van der Waals surface area contributed by atoms with Crippen molar-refractivity contribution < 1.29 is 37.7 Å². The molecule has 0 aliphatic carbocycles. The quantitative estimate of drug-likeness (QED) is 0.212. The van der Waals surface area contributed by atoms with Gasteiger partial charge in [-0.3, -0.25) is 9.32 Å². The molecule has 1 saturated heterocycles. The maximum Gasteiger partial charge on any atom is 0.544 e. The van der Waals surface area contributed by atoms with Crippen LogP contribution in [0.5, 0.6) is 0 Å². The van der Waals surface area contributed by atoms with Crippen LogP contribution in [0.2, 0.25) is 0 Å². The molecule has 4 N–H and O–H groups in total. The van der Waals surface area contributed by atoms with E-state index in [2.05, 4.69) is 17.0 Å². The highest BCUT2D eigenvalue weighted by molar-refractivity contribution is 7.58. The summed E-state index contributed by atoms with van der Waals surface area (Å²) < 4.78 is 37.8. The van der Waals surface area contributed by atoms with E-state index < -0.39 is 44.0 Å². The van der Waals surface area contributed by atoms with Crippen LogP contribution in [0, 0.1) is 0 Å². The van der Waals surface area contributed by atoms with Gasteiger partial charge in [-0.05, 0) is 33.8 Å². The minimum Gasteiger partial charge on any atom is -0.387 e. The molecule has 0 aromatic heterocycles. The van der Waals surface area contributed by atoms with E-state index in [1.54, 1.807) is 32.9 Å². The van der Waals surface area contributed by atoms with Crippen LogP contribution >= 0.6 is 8.09 Å². The molecule has 6 atom stereocenters. The van der Waals surface area contributed by atoms with Crippen molar-refractivity contribution in [1.82, 2.24) is 15.3 Å². The molecule has 1 amide bonds. The number of aliphatic hydroxyl groups excluding tert-OH is 1. The molecule has 2 aliphatic rings. The average Bonchev–Trinajstić information content (AvgIpc) is 2.89. The first-order valence-corrected chi connectivity index (χ1v) is 11.8. The molecule has 10 nitrogen and oxygen atoms in total. The van der Waals surface area contributed by atoms with Crippen LogP contribution in [0.15, 0.2) is 36.8 Å². The molecule has 0 aromatic rings.